The van der Waals surface area contributed by atoms with Crippen LogP contribution in [0.25, 0.3) is 0 Å². The van der Waals surface area contributed by atoms with Gasteiger partial charge in [0.15, 0.2) is 0 Å². The summed E-state index contributed by atoms with van der Waals surface area (Å²) in [6.07, 6.45) is 0.491. The molecule has 2 N–H and O–H groups in total. The summed E-state index contributed by atoms with van der Waals surface area (Å²) >= 11 is 3.56. The number of halogens is 1. The molecule has 0 saturated carbocycles. The van der Waals surface area contributed by atoms with Crippen molar-refractivity contribution in [2.45, 2.75) is 12.5 Å². The van der Waals surface area contributed by atoms with Crippen molar-refractivity contribution in [2.75, 3.05) is 33.4 Å². The van der Waals surface area contributed by atoms with Crippen LogP contribution in [0.1, 0.15) is 18.0 Å². The molecule has 0 fully saturated rings. The maximum atomic E-state index is 8.77. The largest absolute Gasteiger partial charge is 0.383 e. The molecule has 1 rings (SSSR count). The van der Waals surface area contributed by atoms with Crippen LogP contribution < -0.4 is 5.73 Å². The van der Waals surface area contributed by atoms with E-state index in [0.717, 1.165) is 16.6 Å². The lowest BCUT2D eigenvalue weighted by Gasteiger charge is -2.31. The van der Waals surface area contributed by atoms with E-state index in [2.05, 4.69) is 33.0 Å². The monoisotopic (exact) mass is 325 g/mol. The molecule has 0 aliphatic rings. The maximum Gasteiger partial charge on any atom is 0.0635 e. The van der Waals surface area contributed by atoms with Crippen LogP contribution in [0.3, 0.4) is 0 Å². The van der Waals surface area contributed by atoms with Gasteiger partial charge >= 0.3 is 0 Å². The molecular formula is C14H20BrN3O. The lowest BCUT2D eigenvalue weighted by molar-refractivity contribution is 0.123. The average molecular weight is 326 g/mol. The summed E-state index contributed by atoms with van der Waals surface area (Å²) in [6.45, 7) is 2.61. The molecular weight excluding hydrogens is 306 g/mol. The third-order valence-corrected chi connectivity index (χ3v) is 3.74. The molecule has 0 heterocycles. The summed E-state index contributed by atoms with van der Waals surface area (Å²) in [5.74, 6) is 0. The number of benzene rings is 1. The minimum absolute atomic E-state index is 0.0964. The summed E-state index contributed by atoms with van der Waals surface area (Å²) in [7, 11) is 1.68. The lowest BCUT2D eigenvalue weighted by atomic mass is 10.1. The van der Waals surface area contributed by atoms with Gasteiger partial charge in [-0.1, -0.05) is 34.1 Å². The number of nitrogens with zero attached hydrogens (tertiary/aromatic N) is 2. The lowest BCUT2D eigenvalue weighted by Crippen LogP contribution is -2.37. The molecule has 1 aromatic rings. The summed E-state index contributed by atoms with van der Waals surface area (Å²) in [4.78, 5) is 2.20. The Morgan fingerprint density at radius 3 is 2.74 bits per heavy atom. The van der Waals surface area contributed by atoms with Gasteiger partial charge in [0.05, 0.1) is 12.7 Å². The van der Waals surface area contributed by atoms with E-state index in [0.29, 0.717) is 26.1 Å². The van der Waals surface area contributed by atoms with Gasteiger partial charge in [0.1, 0.15) is 0 Å². The normalized spacial score (nSPS) is 12.4. The van der Waals surface area contributed by atoms with Crippen molar-refractivity contribution in [3.8, 4) is 6.07 Å². The van der Waals surface area contributed by atoms with Crippen LogP contribution in [0.5, 0.6) is 0 Å². The minimum Gasteiger partial charge on any atom is -0.383 e. The maximum absolute atomic E-state index is 8.77. The van der Waals surface area contributed by atoms with Crippen LogP contribution in [0.4, 0.5) is 0 Å². The van der Waals surface area contributed by atoms with Crippen molar-refractivity contribution in [3.05, 3.63) is 34.3 Å². The molecule has 4 nitrogen and oxygen atoms in total. The first-order chi connectivity index (χ1) is 9.24. The molecule has 0 spiro atoms. The molecule has 0 radical (unpaired) electrons. The first-order valence-corrected chi connectivity index (χ1v) is 7.08. The van der Waals surface area contributed by atoms with Crippen LogP contribution in [-0.4, -0.2) is 38.3 Å². The van der Waals surface area contributed by atoms with Gasteiger partial charge in [0.2, 0.25) is 0 Å². The second-order valence-corrected chi connectivity index (χ2v) is 5.06. The van der Waals surface area contributed by atoms with Crippen molar-refractivity contribution < 1.29 is 4.74 Å². The van der Waals surface area contributed by atoms with Gasteiger partial charge in [-0.3, -0.25) is 4.90 Å². The van der Waals surface area contributed by atoms with E-state index in [4.69, 9.17) is 15.7 Å². The highest BCUT2D eigenvalue weighted by Crippen LogP contribution is 2.27. The summed E-state index contributed by atoms with van der Waals surface area (Å²) in [6, 6.07) is 10.3. The molecule has 0 aromatic heterocycles. The fourth-order valence-corrected chi connectivity index (χ4v) is 2.59. The number of methoxy groups -OCH3 is 1. The van der Waals surface area contributed by atoms with Gasteiger partial charge in [-0.25, -0.2) is 0 Å². The number of hydrogen-bond acceptors (Lipinski definition) is 4. The zero-order valence-corrected chi connectivity index (χ0v) is 12.8. The smallest absolute Gasteiger partial charge is 0.0635 e. The van der Waals surface area contributed by atoms with E-state index in [1.165, 1.54) is 0 Å². The standard InChI is InChI=1S/C14H20BrN3O/c1-19-10-9-18(8-4-7-16)14(11-17)12-5-2-3-6-13(12)15/h2-3,5-6,14H,4,8-11,17H2,1H3. The zero-order chi connectivity index (χ0) is 14.1. The second-order valence-electron chi connectivity index (χ2n) is 4.21. The second kappa shape index (κ2) is 9.05. The number of hydrogen-bond donors (Lipinski definition) is 1. The minimum atomic E-state index is 0.0964. The third-order valence-electron chi connectivity index (χ3n) is 3.02. The quantitative estimate of drug-likeness (QED) is 0.796. The first-order valence-electron chi connectivity index (χ1n) is 6.29. The van der Waals surface area contributed by atoms with Gasteiger partial charge in [0, 0.05) is 43.7 Å². The molecule has 19 heavy (non-hydrogen) atoms. The Kier molecular flexibility index (Phi) is 7.68. The molecule has 0 aliphatic carbocycles. The van der Waals surface area contributed by atoms with E-state index >= 15 is 0 Å². The topological polar surface area (TPSA) is 62.3 Å². The van der Waals surface area contributed by atoms with E-state index in [1.54, 1.807) is 7.11 Å². The Balaban J connectivity index is 2.88. The van der Waals surface area contributed by atoms with Crippen molar-refractivity contribution in [2.24, 2.45) is 5.73 Å². The highest BCUT2D eigenvalue weighted by Gasteiger charge is 2.20. The van der Waals surface area contributed by atoms with Gasteiger partial charge in [0.25, 0.3) is 0 Å². The van der Waals surface area contributed by atoms with Gasteiger partial charge in [-0.15, -0.1) is 0 Å². The Hall–Kier alpha value is -0.930. The number of nitrogens with two attached hydrogens (primary N) is 1. The summed E-state index contributed by atoms with van der Waals surface area (Å²) in [5, 5.41) is 8.77. The molecule has 0 saturated heterocycles. The van der Waals surface area contributed by atoms with Gasteiger partial charge in [-0.2, -0.15) is 5.26 Å². The summed E-state index contributed by atoms with van der Waals surface area (Å²) < 4.78 is 6.18. The van der Waals surface area contributed by atoms with Crippen molar-refractivity contribution >= 4 is 15.9 Å². The Labute approximate surface area is 123 Å². The van der Waals surface area contributed by atoms with Crippen molar-refractivity contribution in [1.29, 1.82) is 5.26 Å². The van der Waals surface area contributed by atoms with E-state index < -0.39 is 0 Å². The van der Waals surface area contributed by atoms with E-state index in [-0.39, 0.29) is 6.04 Å². The molecule has 104 valence electrons. The van der Waals surface area contributed by atoms with Crippen molar-refractivity contribution in [1.82, 2.24) is 4.90 Å². The van der Waals surface area contributed by atoms with Crippen LogP contribution >= 0.6 is 15.9 Å². The predicted molar refractivity (Wildman–Crippen MR) is 79.6 cm³/mol. The predicted octanol–water partition coefficient (Wildman–Crippen LogP) is 2.31. The Bertz CT molecular complexity index is 419. The summed E-state index contributed by atoms with van der Waals surface area (Å²) in [5.41, 5.74) is 7.08. The third kappa shape index (κ3) is 4.92. The van der Waals surface area contributed by atoms with Crippen LogP contribution in [-0.2, 0) is 4.74 Å². The fourth-order valence-electron chi connectivity index (χ4n) is 2.04. The molecule has 0 amide bonds. The SMILES string of the molecule is COCCN(CCC#N)C(CN)c1ccccc1Br. The van der Waals surface area contributed by atoms with Crippen LogP contribution in [0.15, 0.2) is 28.7 Å². The number of ether oxygens (including phenoxy) is 1. The van der Waals surface area contributed by atoms with Gasteiger partial charge < -0.3 is 10.5 Å². The van der Waals surface area contributed by atoms with E-state index in [1.807, 2.05) is 18.2 Å². The number of nitriles is 1. The fraction of sp³-hybridized carbons (Fsp3) is 0.500. The van der Waals surface area contributed by atoms with Crippen molar-refractivity contribution in [3.63, 3.8) is 0 Å². The van der Waals surface area contributed by atoms with E-state index in [9.17, 15) is 0 Å². The highest BCUT2D eigenvalue weighted by molar-refractivity contribution is 9.10. The van der Waals surface area contributed by atoms with Crippen LogP contribution in [0.2, 0.25) is 0 Å². The highest BCUT2D eigenvalue weighted by atomic mass is 79.9. The van der Waals surface area contributed by atoms with Gasteiger partial charge in [-0.05, 0) is 11.6 Å². The zero-order valence-electron chi connectivity index (χ0n) is 11.2. The molecule has 0 aliphatic heterocycles. The molecule has 1 atom stereocenters. The van der Waals surface area contributed by atoms with Crippen LogP contribution in [0, 0.1) is 11.3 Å². The molecule has 1 aromatic carbocycles. The first kappa shape index (κ1) is 16.1. The average Bonchev–Trinajstić information content (AvgIpc) is 2.43. The molecule has 1 unspecified atom stereocenters. The molecule has 0 bridgehead atoms. The molecule has 5 heteroatoms. The Morgan fingerprint density at radius 2 is 2.16 bits per heavy atom. The number of rotatable bonds is 8. The Morgan fingerprint density at radius 1 is 1.42 bits per heavy atom.